The zero-order valence-corrected chi connectivity index (χ0v) is 12.9. The van der Waals surface area contributed by atoms with Crippen LogP contribution in [0.5, 0.6) is 0 Å². The van der Waals surface area contributed by atoms with E-state index >= 15 is 0 Å². The number of thiophene rings is 1. The average Bonchev–Trinajstić information content (AvgIpc) is 2.86. The molecule has 4 nitrogen and oxygen atoms in total. The minimum Gasteiger partial charge on any atom is -0.372 e. The number of rotatable bonds is 3. The van der Waals surface area contributed by atoms with Crippen LogP contribution in [0.15, 0.2) is 11.4 Å². The van der Waals surface area contributed by atoms with Gasteiger partial charge in [-0.25, -0.2) is 9.97 Å². The van der Waals surface area contributed by atoms with E-state index in [1.807, 2.05) is 7.05 Å². The second kappa shape index (κ2) is 5.64. The average molecular weight is 294 g/mol. The van der Waals surface area contributed by atoms with Crippen molar-refractivity contribution in [2.24, 2.45) is 0 Å². The SMILES string of the molecule is CNc1nc(CN2CCSC(C)C2)nc2sccc12. The fourth-order valence-corrected chi connectivity index (χ4v) is 4.26. The second-order valence-electron chi connectivity index (χ2n) is 4.79. The smallest absolute Gasteiger partial charge is 0.146 e. The van der Waals surface area contributed by atoms with Crippen molar-refractivity contribution < 1.29 is 0 Å². The summed E-state index contributed by atoms with van der Waals surface area (Å²) in [6.45, 7) is 5.41. The number of hydrogen-bond donors (Lipinski definition) is 1. The highest BCUT2D eigenvalue weighted by atomic mass is 32.2. The summed E-state index contributed by atoms with van der Waals surface area (Å²) < 4.78 is 0. The second-order valence-corrected chi connectivity index (χ2v) is 7.24. The lowest BCUT2D eigenvalue weighted by Gasteiger charge is -2.29. The number of anilines is 1. The Balaban J connectivity index is 1.84. The van der Waals surface area contributed by atoms with Crippen molar-refractivity contribution in [1.82, 2.24) is 14.9 Å². The van der Waals surface area contributed by atoms with E-state index in [4.69, 9.17) is 0 Å². The fourth-order valence-electron chi connectivity index (χ4n) is 2.40. The molecule has 0 aliphatic carbocycles. The van der Waals surface area contributed by atoms with Gasteiger partial charge in [0.1, 0.15) is 16.5 Å². The fraction of sp³-hybridized carbons (Fsp3) is 0.538. The van der Waals surface area contributed by atoms with E-state index in [0.717, 1.165) is 41.5 Å². The summed E-state index contributed by atoms with van der Waals surface area (Å²) in [6.07, 6.45) is 0. The highest BCUT2D eigenvalue weighted by molar-refractivity contribution is 7.99. The number of thioether (sulfide) groups is 1. The molecule has 1 N–H and O–H groups in total. The van der Waals surface area contributed by atoms with Gasteiger partial charge in [-0.15, -0.1) is 11.3 Å². The summed E-state index contributed by atoms with van der Waals surface area (Å²) in [5.74, 6) is 3.08. The molecule has 19 heavy (non-hydrogen) atoms. The molecule has 3 rings (SSSR count). The maximum atomic E-state index is 4.68. The van der Waals surface area contributed by atoms with Gasteiger partial charge >= 0.3 is 0 Å². The molecule has 3 heterocycles. The molecule has 102 valence electrons. The molecule has 6 heteroatoms. The first-order valence-electron chi connectivity index (χ1n) is 6.52. The van der Waals surface area contributed by atoms with Gasteiger partial charge in [0.05, 0.1) is 11.9 Å². The van der Waals surface area contributed by atoms with Crippen LogP contribution in [-0.4, -0.2) is 46.0 Å². The third kappa shape index (κ3) is 2.85. The lowest BCUT2D eigenvalue weighted by Crippen LogP contribution is -2.36. The van der Waals surface area contributed by atoms with Crippen LogP contribution in [0.2, 0.25) is 0 Å². The summed E-state index contributed by atoms with van der Waals surface area (Å²) in [6, 6.07) is 2.08. The maximum Gasteiger partial charge on any atom is 0.146 e. The predicted octanol–water partition coefficient (Wildman–Crippen LogP) is 2.67. The van der Waals surface area contributed by atoms with Gasteiger partial charge in [-0.1, -0.05) is 6.92 Å². The molecule has 2 aromatic heterocycles. The molecule has 0 bridgehead atoms. The lowest BCUT2D eigenvalue weighted by molar-refractivity contribution is 0.272. The molecule has 1 atom stereocenters. The predicted molar refractivity (Wildman–Crippen MR) is 84.2 cm³/mol. The van der Waals surface area contributed by atoms with Crippen molar-refractivity contribution in [2.75, 3.05) is 31.2 Å². The zero-order chi connectivity index (χ0) is 13.2. The first-order chi connectivity index (χ1) is 9.26. The molecule has 0 spiro atoms. The normalized spacial score (nSPS) is 20.8. The zero-order valence-electron chi connectivity index (χ0n) is 11.2. The summed E-state index contributed by atoms with van der Waals surface area (Å²) in [7, 11) is 1.92. The van der Waals surface area contributed by atoms with Gasteiger partial charge < -0.3 is 5.32 Å². The molecule has 0 amide bonds. The largest absolute Gasteiger partial charge is 0.372 e. The summed E-state index contributed by atoms with van der Waals surface area (Å²) >= 11 is 3.73. The highest BCUT2D eigenvalue weighted by Crippen LogP contribution is 2.25. The van der Waals surface area contributed by atoms with E-state index in [1.165, 1.54) is 5.75 Å². The van der Waals surface area contributed by atoms with E-state index in [-0.39, 0.29) is 0 Å². The van der Waals surface area contributed by atoms with Crippen molar-refractivity contribution in [3.8, 4) is 0 Å². The van der Waals surface area contributed by atoms with Crippen molar-refractivity contribution in [2.45, 2.75) is 18.7 Å². The molecule has 1 aliphatic heterocycles. The molecule has 1 aliphatic rings. The Bertz CT molecular complexity index is 569. The summed E-state index contributed by atoms with van der Waals surface area (Å²) in [5, 5.41) is 7.08. The Morgan fingerprint density at radius 3 is 3.16 bits per heavy atom. The first-order valence-corrected chi connectivity index (χ1v) is 8.45. The van der Waals surface area contributed by atoms with E-state index in [2.05, 4.69) is 50.3 Å². The Hall–Kier alpha value is -0.850. The van der Waals surface area contributed by atoms with Gasteiger partial charge in [-0.05, 0) is 11.4 Å². The monoisotopic (exact) mass is 294 g/mol. The van der Waals surface area contributed by atoms with E-state index in [0.29, 0.717) is 5.25 Å². The molecule has 2 aromatic rings. The minimum atomic E-state index is 0.711. The Labute approximate surface area is 121 Å². The van der Waals surface area contributed by atoms with E-state index in [9.17, 15) is 0 Å². The van der Waals surface area contributed by atoms with Crippen LogP contribution in [0.3, 0.4) is 0 Å². The van der Waals surface area contributed by atoms with Crippen LogP contribution in [0.25, 0.3) is 10.2 Å². The van der Waals surface area contributed by atoms with Crippen molar-refractivity contribution in [3.63, 3.8) is 0 Å². The van der Waals surface area contributed by atoms with Crippen LogP contribution >= 0.6 is 23.1 Å². The number of nitrogens with zero attached hydrogens (tertiary/aromatic N) is 3. The number of aromatic nitrogens is 2. The molecule has 0 saturated carbocycles. The molecular weight excluding hydrogens is 276 g/mol. The van der Waals surface area contributed by atoms with Crippen molar-refractivity contribution >= 4 is 39.1 Å². The van der Waals surface area contributed by atoms with Gasteiger partial charge in [0.2, 0.25) is 0 Å². The third-order valence-corrected chi connectivity index (χ3v) is 5.24. The quantitative estimate of drug-likeness (QED) is 0.942. The van der Waals surface area contributed by atoms with Crippen molar-refractivity contribution in [1.29, 1.82) is 0 Å². The van der Waals surface area contributed by atoms with E-state index in [1.54, 1.807) is 11.3 Å². The van der Waals surface area contributed by atoms with E-state index < -0.39 is 0 Å². The van der Waals surface area contributed by atoms with Crippen LogP contribution in [0.1, 0.15) is 12.7 Å². The van der Waals surface area contributed by atoms with Crippen LogP contribution in [-0.2, 0) is 6.54 Å². The van der Waals surface area contributed by atoms with Gasteiger partial charge in [0.25, 0.3) is 0 Å². The molecular formula is C13H18N4S2. The molecule has 0 aromatic carbocycles. The lowest BCUT2D eigenvalue weighted by atomic mass is 10.3. The highest BCUT2D eigenvalue weighted by Gasteiger charge is 2.18. The molecule has 0 radical (unpaired) electrons. The number of fused-ring (bicyclic) bond motifs is 1. The topological polar surface area (TPSA) is 41.1 Å². The minimum absolute atomic E-state index is 0.711. The summed E-state index contributed by atoms with van der Waals surface area (Å²) in [4.78, 5) is 12.9. The molecule has 1 fully saturated rings. The standard InChI is InChI=1S/C13H18N4S2/c1-9-7-17(4-6-18-9)8-11-15-12(14-2)10-3-5-19-13(10)16-11/h3,5,9H,4,6-8H2,1-2H3,(H,14,15,16). The Kier molecular flexibility index (Phi) is 3.91. The Morgan fingerprint density at radius 1 is 1.47 bits per heavy atom. The summed E-state index contributed by atoms with van der Waals surface area (Å²) in [5.41, 5.74) is 0. The molecule has 1 saturated heterocycles. The number of hydrogen-bond acceptors (Lipinski definition) is 6. The van der Waals surface area contributed by atoms with Crippen molar-refractivity contribution in [3.05, 3.63) is 17.3 Å². The molecule has 1 unspecified atom stereocenters. The number of nitrogens with one attached hydrogen (secondary N) is 1. The first kappa shape index (κ1) is 13.1. The maximum absolute atomic E-state index is 4.68. The van der Waals surface area contributed by atoms with Gasteiger partial charge in [0, 0.05) is 31.1 Å². The van der Waals surface area contributed by atoms with Gasteiger partial charge in [-0.2, -0.15) is 11.8 Å². The van der Waals surface area contributed by atoms with Crippen LogP contribution in [0.4, 0.5) is 5.82 Å². The van der Waals surface area contributed by atoms with Crippen LogP contribution < -0.4 is 5.32 Å². The van der Waals surface area contributed by atoms with Gasteiger partial charge in [-0.3, -0.25) is 4.90 Å². The van der Waals surface area contributed by atoms with Gasteiger partial charge in [0.15, 0.2) is 0 Å². The third-order valence-electron chi connectivity index (χ3n) is 3.30. The Morgan fingerprint density at radius 2 is 2.37 bits per heavy atom. The van der Waals surface area contributed by atoms with Crippen LogP contribution in [0, 0.1) is 0 Å².